The van der Waals surface area contributed by atoms with Crippen molar-refractivity contribution in [1.82, 2.24) is 0 Å². The summed E-state index contributed by atoms with van der Waals surface area (Å²) in [5.74, 6) is -1.18. The highest BCUT2D eigenvalue weighted by Gasteiger charge is 2.35. The molecule has 2 rings (SSSR count). The molecule has 16 heavy (non-hydrogen) atoms. The van der Waals surface area contributed by atoms with Crippen molar-refractivity contribution in [3.63, 3.8) is 0 Å². The van der Waals surface area contributed by atoms with E-state index < -0.39 is 18.4 Å². The van der Waals surface area contributed by atoms with Gasteiger partial charge in [0.1, 0.15) is 0 Å². The first kappa shape index (κ1) is 11.1. The van der Waals surface area contributed by atoms with Crippen LogP contribution in [0, 0.1) is 0 Å². The van der Waals surface area contributed by atoms with Crippen molar-refractivity contribution in [2.45, 2.75) is 6.42 Å². The van der Waals surface area contributed by atoms with Gasteiger partial charge in [0.05, 0.1) is 17.9 Å². The van der Waals surface area contributed by atoms with Crippen LogP contribution in [-0.4, -0.2) is 24.9 Å². The van der Waals surface area contributed by atoms with Gasteiger partial charge in [-0.3, -0.25) is 14.0 Å². The number of alkyl halides is 1. The Hall–Kier alpha value is -1.42. The smallest absolute Gasteiger partial charge is 0.299 e. The summed E-state index contributed by atoms with van der Waals surface area (Å²) in [6.45, 7) is -0.295. The molecule has 1 heterocycles. The maximum atomic E-state index is 12.1. The van der Waals surface area contributed by atoms with E-state index in [1.54, 1.807) is 12.1 Å². The third-order valence-electron chi connectivity index (χ3n) is 2.45. The number of nitrogens with zero attached hydrogens (tertiary/aromatic N) is 1. The minimum atomic E-state index is -0.606. The van der Waals surface area contributed by atoms with Crippen LogP contribution in [0.25, 0.3) is 0 Å². The summed E-state index contributed by atoms with van der Waals surface area (Å²) in [6, 6.07) is 4.68. The van der Waals surface area contributed by atoms with Crippen molar-refractivity contribution in [2.75, 3.05) is 18.1 Å². The molecule has 0 spiro atoms. The minimum absolute atomic E-state index is 0.218. The monoisotopic (exact) mass is 241 g/mol. The molecule has 1 aliphatic heterocycles. The summed E-state index contributed by atoms with van der Waals surface area (Å²) >= 11 is 5.75. The molecular formula is C11H9ClFNO2. The van der Waals surface area contributed by atoms with E-state index in [0.29, 0.717) is 16.3 Å². The summed E-state index contributed by atoms with van der Waals surface area (Å²) in [4.78, 5) is 24.5. The molecule has 1 aromatic rings. The molecule has 1 aliphatic rings. The lowest BCUT2D eigenvalue weighted by atomic mass is 10.1. The van der Waals surface area contributed by atoms with E-state index in [1.807, 2.05) is 0 Å². The number of Topliss-reactive ketones (excluding diaryl/α,β-unsaturated/α-hetero) is 1. The first-order chi connectivity index (χ1) is 7.65. The van der Waals surface area contributed by atoms with Crippen LogP contribution in [0.3, 0.4) is 0 Å². The SMILES string of the molecule is O=C1C(=O)N(CCCF)c2ccc(Cl)cc21. The number of carbonyl (C=O) groups excluding carboxylic acids is 2. The highest BCUT2D eigenvalue weighted by Crippen LogP contribution is 2.31. The van der Waals surface area contributed by atoms with Crippen molar-refractivity contribution >= 4 is 29.0 Å². The van der Waals surface area contributed by atoms with Crippen LogP contribution >= 0.6 is 11.6 Å². The van der Waals surface area contributed by atoms with Crippen LogP contribution < -0.4 is 4.90 Å². The van der Waals surface area contributed by atoms with E-state index >= 15 is 0 Å². The van der Waals surface area contributed by atoms with E-state index in [-0.39, 0.29) is 13.0 Å². The summed E-state index contributed by atoms with van der Waals surface area (Å²) in [6.07, 6.45) is 0.223. The molecule has 1 amide bonds. The number of halogens is 2. The zero-order chi connectivity index (χ0) is 11.7. The third-order valence-corrected chi connectivity index (χ3v) is 2.68. The van der Waals surface area contributed by atoms with Crippen LogP contribution in [-0.2, 0) is 4.79 Å². The van der Waals surface area contributed by atoms with Crippen LogP contribution in [0.15, 0.2) is 18.2 Å². The number of rotatable bonds is 3. The molecular weight excluding hydrogens is 233 g/mol. The summed E-state index contributed by atoms with van der Waals surface area (Å²) in [7, 11) is 0. The van der Waals surface area contributed by atoms with Crippen LogP contribution in [0.4, 0.5) is 10.1 Å². The van der Waals surface area contributed by atoms with Gasteiger partial charge >= 0.3 is 0 Å². The number of anilines is 1. The lowest BCUT2D eigenvalue weighted by Crippen LogP contribution is -2.30. The van der Waals surface area contributed by atoms with E-state index in [0.717, 1.165) is 0 Å². The van der Waals surface area contributed by atoms with Gasteiger partial charge < -0.3 is 4.90 Å². The number of fused-ring (bicyclic) bond motifs is 1. The zero-order valence-corrected chi connectivity index (χ0v) is 9.13. The van der Waals surface area contributed by atoms with Crippen LogP contribution in [0.1, 0.15) is 16.8 Å². The molecule has 0 radical (unpaired) electrons. The molecule has 0 bridgehead atoms. The van der Waals surface area contributed by atoms with Gasteiger partial charge in [0.15, 0.2) is 0 Å². The number of ketones is 1. The Balaban J connectivity index is 2.38. The molecule has 5 heteroatoms. The Morgan fingerprint density at radius 2 is 2.06 bits per heavy atom. The lowest BCUT2D eigenvalue weighted by molar-refractivity contribution is -0.114. The predicted molar refractivity (Wildman–Crippen MR) is 58.7 cm³/mol. The van der Waals surface area contributed by atoms with E-state index in [1.165, 1.54) is 11.0 Å². The van der Waals surface area contributed by atoms with Crippen molar-refractivity contribution in [3.8, 4) is 0 Å². The fraction of sp³-hybridized carbons (Fsp3) is 0.273. The summed E-state index contributed by atoms with van der Waals surface area (Å²) < 4.78 is 12.1. The summed E-state index contributed by atoms with van der Waals surface area (Å²) in [5.41, 5.74) is 0.823. The molecule has 0 fully saturated rings. The molecule has 0 unspecified atom stereocenters. The maximum absolute atomic E-state index is 12.1. The highest BCUT2D eigenvalue weighted by molar-refractivity contribution is 6.52. The number of amides is 1. The quantitative estimate of drug-likeness (QED) is 0.761. The van der Waals surface area contributed by atoms with Gasteiger partial charge in [-0.2, -0.15) is 0 Å². The molecule has 0 atom stereocenters. The van der Waals surface area contributed by atoms with Gasteiger partial charge in [-0.15, -0.1) is 0 Å². The minimum Gasteiger partial charge on any atom is -0.305 e. The van der Waals surface area contributed by atoms with E-state index in [4.69, 9.17) is 11.6 Å². The first-order valence-corrected chi connectivity index (χ1v) is 5.24. The molecule has 84 valence electrons. The molecule has 0 saturated carbocycles. The third kappa shape index (κ3) is 1.69. The normalized spacial score (nSPS) is 14.5. The number of carbonyl (C=O) groups is 2. The second-order valence-electron chi connectivity index (χ2n) is 3.49. The Labute approximate surface area is 96.8 Å². The predicted octanol–water partition coefficient (Wildman–Crippen LogP) is 2.23. The molecule has 3 nitrogen and oxygen atoms in total. The number of benzene rings is 1. The molecule has 1 aromatic carbocycles. The second-order valence-corrected chi connectivity index (χ2v) is 3.93. The van der Waals surface area contributed by atoms with Gasteiger partial charge in [0.25, 0.3) is 11.7 Å². The lowest BCUT2D eigenvalue weighted by Gasteiger charge is -2.15. The molecule has 0 aliphatic carbocycles. The average Bonchev–Trinajstić information content (AvgIpc) is 2.50. The summed E-state index contributed by atoms with van der Waals surface area (Å²) in [5, 5.41) is 0.409. The molecule has 0 N–H and O–H groups in total. The van der Waals surface area contributed by atoms with Gasteiger partial charge in [-0.25, -0.2) is 0 Å². The number of hydrogen-bond donors (Lipinski definition) is 0. The van der Waals surface area contributed by atoms with Gasteiger partial charge in [-0.1, -0.05) is 11.6 Å². The number of hydrogen-bond acceptors (Lipinski definition) is 2. The van der Waals surface area contributed by atoms with E-state index in [2.05, 4.69) is 0 Å². The Bertz CT molecular complexity index is 461. The zero-order valence-electron chi connectivity index (χ0n) is 8.37. The standard InChI is InChI=1S/C11H9ClFNO2/c12-7-2-3-9-8(6-7)10(15)11(16)14(9)5-1-4-13/h2-3,6H,1,4-5H2. The van der Waals surface area contributed by atoms with Crippen LogP contribution in [0.5, 0.6) is 0 Å². The first-order valence-electron chi connectivity index (χ1n) is 4.87. The average molecular weight is 242 g/mol. The Kier molecular flexibility index (Phi) is 2.92. The maximum Gasteiger partial charge on any atom is 0.299 e. The van der Waals surface area contributed by atoms with Crippen molar-refractivity contribution < 1.29 is 14.0 Å². The van der Waals surface area contributed by atoms with Crippen molar-refractivity contribution in [2.24, 2.45) is 0 Å². The topological polar surface area (TPSA) is 37.4 Å². The second kappa shape index (κ2) is 4.22. The van der Waals surface area contributed by atoms with Crippen LogP contribution in [0.2, 0.25) is 5.02 Å². The molecule has 0 aromatic heterocycles. The van der Waals surface area contributed by atoms with E-state index in [9.17, 15) is 14.0 Å². The largest absolute Gasteiger partial charge is 0.305 e. The Morgan fingerprint density at radius 3 is 2.75 bits per heavy atom. The van der Waals surface area contributed by atoms with Gasteiger partial charge in [0, 0.05) is 11.6 Å². The fourth-order valence-corrected chi connectivity index (χ4v) is 1.88. The van der Waals surface area contributed by atoms with Gasteiger partial charge in [-0.05, 0) is 24.6 Å². The van der Waals surface area contributed by atoms with Crippen molar-refractivity contribution in [1.29, 1.82) is 0 Å². The van der Waals surface area contributed by atoms with Gasteiger partial charge in [0.2, 0.25) is 0 Å². The fourth-order valence-electron chi connectivity index (χ4n) is 1.71. The molecule has 0 saturated heterocycles. The highest BCUT2D eigenvalue weighted by atomic mass is 35.5. The van der Waals surface area contributed by atoms with Crippen molar-refractivity contribution in [3.05, 3.63) is 28.8 Å². The Morgan fingerprint density at radius 1 is 1.31 bits per heavy atom.